The topological polar surface area (TPSA) is 84.7 Å². The van der Waals surface area contributed by atoms with Crippen LogP contribution >= 0.6 is 0 Å². The molecule has 1 unspecified atom stereocenters. The number of ketones is 1. The zero-order chi connectivity index (χ0) is 22.7. The van der Waals surface area contributed by atoms with Crippen molar-refractivity contribution < 1.29 is 23.8 Å². The summed E-state index contributed by atoms with van der Waals surface area (Å²) in [5.41, 5.74) is 0.864. The van der Waals surface area contributed by atoms with Crippen molar-refractivity contribution in [2.24, 2.45) is 0 Å². The van der Waals surface area contributed by atoms with E-state index in [0.717, 1.165) is 0 Å². The van der Waals surface area contributed by atoms with E-state index < -0.39 is 23.5 Å². The van der Waals surface area contributed by atoms with Gasteiger partial charge < -0.3 is 19.3 Å². The predicted octanol–water partition coefficient (Wildman–Crippen LogP) is 3.54. The zero-order valence-corrected chi connectivity index (χ0v) is 17.4. The standard InChI is InChI=1S/C24H22FN3O4/c1-32-19-5-2-4-17(14-19)22(29)20-21(16-6-8-18(25)9-7-16)28(24(31)23(20)30)12-3-11-27-13-10-26-15-27/h2,4-10,13-15,21,29H,3,11-12H2,1H3/b22-20-. The minimum absolute atomic E-state index is 0.0301. The Kier molecular flexibility index (Phi) is 6.02. The van der Waals surface area contributed by atoms with Gasteiger partial charge in [-0.25, -0.2) is 9.37 Å². The van der Waals surface area contributed by atoms with E-state index in [1.165, 1.54) is 36.3 Å². The molecule has 0 radical (unpaired) electrons. The van der Waals surface area contributed by atoms with Crippen molar-refractivity contribution >= 4 is 17.4 Å². The van der Waals surface area contributed by atoms with Crippen LogP contribution in [0.5, 0.6) is 5.75 Å². The van der Waals surface area contributed by atoms with Gasteiger partial charge in [-0.15, -0.1) is 0 Å². The fourth-order valence-corrected chi connectivity index (χ4v) is 3.87. The van der Waals surface area contributed by atoms with E-state index >= 15 is 0 Å². The molecule has 1 aliphatic rings. The number of aliphatic hydroxyl groups excluding tert-OH is 1. The molecule has 1 amide bonds. The molecule has 0 bridgehead atoms. The number of methoxy groups -OCH3 is 1. The Morgan fingerprint density at radius 1 is 1.16 bits per heavy atom. The maximum Gasteiger partial charge on any atom is 0.295 e. The summed E-state index contributed by atoms with van der Waals surface area (Å²) in [5, 5.41) is 11.0. The first kappa shape index (κ1) is 21.3. The first-order valence-corrected chi connectivity index (χ1v) is 10.1. The molecule has 1 aliphatic heterocycles. The molecule has 4 rings (SSSR count). The summed E-state index contributed by atoms with van der Waals surface area (Å²) >= 11 is 0. The number of carbonyl (C=O) groups excluding carboxylic acids is 2. The van der Waals surface area contributed by atoms with Gasteiger partial charge in [-0.05, 0) is 36.2 Å². The summed E-state index contributed by atoms with van der Waals surface area (Å²) in [6.45, 7) is 0.884. The lowest BCUT2D eigenvalue weighted by Gasteiger charge is -2.25. The van der Waals surface area contributed by atoms with Gasteiger partial charge in [0.25, 0.3) is 11.7 Å². The number of halogens is 1. The second kappa shape index (κ2) is 9.05. The van der Waals surface area contributed by atoms with Crippen LogP contribution < -0.4 is 4.74 Å². The Labute approximate surface area is 184 Å². The van der Waals surface area contributed by atoms with Gasteiger partial charge in [0.1, 0.15) is 17.3 Å². The molecule has 8 heteroatoms. The van der Waals surface area contributed by atoms with E-state index in [2.05, 4.69) is 4.98 Å². The molecule has 1 saturated heterocycles. The van der Waals surface area contributed by atoms with E-state index in [9.17, 15) is 19.1 Å². The van der Waals surface area contributed by atoms with Crippen LogP contribution in [0.4, 0.5) is 4.39 Å². The lowest BCUT2D eigenvalue weighted by molar-refractivity contribution is -0.139. The lowest BCUT2D eigenvalue weighted by Crippen LogP contribution is -2.31. The molecule has 164 valence electrons. The average molecular weight is 435 g/mol. The van der Waals surface area contributed by atoms with Crippen LogP contribution in [0.1, 0.15) is 23.6 Å². The van der Waals surface area contributed by atoms with Gasteiger partial charge >= 0.3 is 0 Å². The molecule has 1 fully saturated rings. The van der Waals surface area contributed by atoms with Crippen molar-refractivity contribution in [1.82, 2.24) is 14.5 Å². The largest absolute Gasteiger partial charge is 0.507 e. The SMILES string of the molecule is COc1cccc(/C(O)=C2/C(=O)C(=O)N(CCCn3ccnc3)C2c2ccc(F)cc2)c1. The highest BCUT2D eigenvalue weighted by atomic mass is 19.1. The number of aromatic nitrogens is 2. The highest BCUT2D eigenvalue weighted by molar-refractivity contribution is 6.46. The summed E-state index contributed by atoms with van der Waals surface area (Å²) < 4.78 is 20.6. The summed E-state index contributed by atoms with van der Waals surface area (Å²) in [4.78, 5) is 31.4. The number of hydrogen-bond donors (Lipinski definition) is 1. The van der Waals surface area contributed by atoms with Crippen molar-refractivity contribution in [2.75, 3.05) is 13.7 Å². The molecule has 1 N–H and O–H groups in total. The number of hydrogen-bond acceptors (Lipinski definition) is 5. The normalized spacial score (nSPS) is 17.7. The van der Waals surface area contributed by atoms with E-state index in [1.54, 1.807) is 36.8 Å². The lowest BCUT2D eigenvalue weighted by atomic mass is 9.95. The number of Topliss-reactive ketones (excluding diaryl/α,β-unsaturated/α-hetero) is 1. The third-order valence-corrected chi connectivity index (χ3v) is 5.44. The van der Waals surface area contributed by atoms with Crippen molar-refractivity contribution in [1.29, 1.82) is 0 Å². The fourth-order valence-electron chi connectivity index (χ4n) is 3.87. The smallest absolute Gasteiger partial charge is 0.295 e. The number of rotatable bonds is 7. The molecule has 7 nitrogen and oxygen atoms in total. The molecular formula is C24H22FN3O4. The number of ether oxygens (including phenoxy) is 1. The van der Waals surface area contributed by atoms with Crippen LogP contribution in [0.15, 0.2) is 72.8 Å². The zero-order valence-electron chi connectivity index (χ0n) is 17.4. The van der Waals surface area contributed by atoms with Gasteiger partial charge in [0.15, 0.2) is 0 Å². The van der Waals surface area contributed by atoms with E-state index in [4.69, 9.17) is 4.74 Å². The van der Waals surface area contributed by atoms with Crippen LogP contribution in [0, 0.1) is 5.82 Å². The number of imidazole rings is 1. The molecule has 3 aromatic rings. The van der Waals surface area contributed by atoms with Crippen LogP contribution in [0.2, 0.25) is 0 Å². The molecule has 0 saturated carbocycles. The minimum atomic E-state index is -0.829. The third kappa shape index (κ3) is 4.12. The number of nitrogens with zero attached hydrogens (tertiary/aromatic N) is 3. The van der Waals surface area contributed by atoms with E-state index in [-0.39, 0.29) is 17.9 Å². The van der Waals surface area contributed by atoms with E-state index in [1.807, 2.05) is 10.8 Å². The van der Waals surface area contributed by atoms with Crippen LogP contribution in [0.25, 0.3) is 5.76 Å². The number of aliphatic hydroxyl groups is 1. The molecule has 1 atom stereocenters. The molecule has 0 spiro atoms. The number of likely N-dealkylation sites (tertiary alicyclic amines) is 1. The molecule has 2 heterocycles. The Bertz CT molecular complexity index is 1160. The maximum atomic E-state index is 13.6. The summed E-state index contributed by atoms with van der Waals surface area (Å²) in [6.07, 6.45) is 5.72. The highest BCUT2D eigenvalue weighted by Crippen LogP contribution is 2.39. The first-order chi connectivity index (χ1) is 15.5. The molecule has 1 aromatic heterocycles. The first-order valence-electron chi connectivity index (χ1n) is 10.1. The van der Waals surface area contributed by atoms with Crippen molar-refractivity contribution in [3.05, 3.63) is 89.8 Å². The molecule has 2 aromatic carbocycles. The fraction of sp³-hybridized carbons (Fsp3) is 0.208. The number of aryl methyl sites for hydroxylation is 1. The minimum Gasteiger partial charge on any atom is -0.507 e. The Morgan fingerprint density at radius 3 is 2.62 bits per heavy atom. The quantitative estimate of drug-likeness (QED) is 0.349. The summed E-state index contributed by atoms with van der Waals surface area (Å²) in [7, 11) is 1.50. The van der Waals surface area contributed by atoms with Gasteiger partial charge in [0, 0.05) is 31.0 Å². The van der Waals surface area contributed by atoms with Gasteiger partial charge in [-0.1, -0.05) is 24.3 Å². The highest BCUT2D eigenvalue weighted by Gasteiger charge is 2.45. The van der Waals surface area contributed by atoms with Gasteiger partial charge in [0.05, 0.1) is 25.1 Å². The Morgan fingerprint density at radius 2 is 1.94 bits per heavy atom. The van der Waals surface area contributed by atoms with Crippen LogP contribution in [-0.2, 0) is 16.1 Å². The van der Waals surface area contributed by atoms with Crippen molar-refractivity contribution in [3.8, 4) is 5.75 Å². The van der Waals surface area contributed by atoms with Gasteiger partial charge in [-0.2, -0.15) is 0 Å². The summed E-state index contributed by atoms with van der Waals surface area (Å²) in [5.74, 6) is -1.70. The van der Waals surface area contributed by atoms with Crippen molar-refractivity contribution in [2.45, 2.75) is 19.0 Å². The number of benzene rings is 2. The van der Waals surface area contributed by atoms with Crippen molar-refractivity contribution in [3.63, 3.8) is 0 Å². The van der Waals surface area contributed by atoms with E-state index in [0.29, 0.717) is 29.8 Å². The number of amides is 1. The Hall–Kier alpha value is -3.94. The molecule has 0 aliphatic carbocycles. The molecule has 32 heavy (non-hydrogen) atoms. The van der Waals surface area contributed by atoms with Gasteiger partial charge in [-0.3, -0.25) is 9.59 Å². The summed E-state index contributed by atoms with van der Waals surface area (Å²) in [6, 6.07) is 11.4. The average Bonchev–Trinajstić information content (AvgIpc) is 3.41. The second-order valence-electron chi connectivity index (χ2n) is 7.43. The van der Waals surface area contributed by atoms with Crippen LogP contribution in [0.3, 0.4) is 0 Å². The van der Waals surface area contributed by atoms with Gasteiger partial charge in [0.2, 0.25) is 0 Å². The monoisotopic (exact) mass is 435 g/mol. The predicted molar refractivity (Wildman–Crippen MR) is 115 cm³/mol. The van der Waals surface area contributed by atoms with Crippen LogP contribution in [-0.4, -0.2) is 44.9 Å². The third-order valence-electron chi connectivity index (χ3n) is 5.44. The maximum absolute atomic E-state index is 13.6. The second-order valence-corrected chi connectivity index (χ2v) is 7.43. The Balaban J connectivity index is 1.73. The number of carbonyl (C=O) groups is 2. The molecular weight excluding hydrogens is 413 g/mol.